The largest absolute Gasteiger partial charge is 0.491 e. The van der Waals surface area contributed by atoms with Gasteiger partial charge in [-0.3, -0.25) is 9.59 Å². The molecule has 1 atom stereocenters. The third-order valence-corrected chi connectivity index (χ3v) is 5.52. The van der Waals surface area contributed by atoms with Gasteiger partial charge in [-0.05, 0) is 24.1 Å². The van der Waals surface area contributed by atoms with Crippen LogP contribution < -0.4 is 24.4 Å². The normalized spacial score (nSPS) is 20.9. The lowest BCUT2D eigenvalue weighted by Gasteiger charge is -2.23. The fourth-order valence-corrected chi connectivity index (χ4v) is 4.19. The van der Waals surface area contributed by atoms with E-state index in [1.54, 1.807) is 11.0 Å². The average Bonchev–Trinajstić information content (AvgIpc) is 3.38. The van der Waals surface area contributed by atoms with Crippen LogP contribution in [-0.4, -0.2) is 38.3 Å². The quantitative estimate of drug-likeness (QED) is 0.878. The second kappa shape index (κ2) is 6.15. The van der Waals surface area contributed by atoms with E-state index in [2.05, 4.69) is 5.32 Å². The summed E-state index contributed by atoms with van der Waals surface area (Å²) in [5.74, 6) is 1.51. The summed E-state index contributed by atoms with van der Waals surface area (Å²) in [6.45, 7) is 2.90. The van der Waals surface area contributed by atoms with Crippen LogP contribution in [0, 0.1) is 0 Å². The van der Waals surface area contributed by atoms with Crippen LogP contribution >= 0.6 is 0 Å². The minimum atomic E-state index is -0.974. The smallest absolute Gasteiger partial charge is 0.246 e. The Morgan fingerprint density at radius 1 is 1.11 bits per heavy atom. The third kappa shape index (κ3) is 2.22. The second-order valence-corrected chi connectivity index (χ2v) is 7.15. The van der Waals surface area contributed by atoms with Crippen LogP contribution in [0.2, 0.25) is 0 Å². The van der Waals surface area contributed by atoms with E-state index < -0.39 is 5.41 Å². The number of rotatable bonds is 4. The van der Waals surface area contributed by atoms with E-state index in [4.69, 9.17) is 14.2 Å². The molecule has 1 unspecified atom stereocenters. The van der Waals surface area contributed by atoms with Crippen molar-refractivity contribution < 1.29 is 23.8 Å². The van der Waals surface area contributed by atoms with Gasteiger partial charge < -0.3 is 24.4 Å². The molecule has 0 aliphatic carbocycles. The summed E-state index contributed by atoms with van der Waals surface area (Å²) in [4.78, 5) is 27.6. The molecule has 144 valence electrons. The van der Waals surface area contributed by atoms with Crippen LogP contribution in [0.1, 0.15) is 24.5 Å². The molecule has 0 bridgehead atoms. The zero-order chi connectivity index (χ0) is 19.3. The Morgan fingerprint density at radius 3 is 2.71 bits per heavy atom. The van der Waals surface area contributed by atoms with Crippen LogP contribution in [0.4, 0.5) is 5.69 Å². The maximum Gasteiger partial charge on any atom is 0.246 e. The molecule has 2 aromatic rings. The van der Waals surface area contributed by atoms with Crippen molar-refractivity contribution in [3.63, 3.8) is 0 Å². The Kier molecular flexibility index (Phi) is 3.72. The first-order valence-corrected chi connectivity index (χ1v) is 9.40. The first-order valence-electron chi connectivity index (χ1n) is 9.40. The maximum atomic E-state index is 13.7. The number of benzene rings is 2. The van der Waals surface area contributed by atoms with Gasteiger partial charge in [0.25, 0.3) is 0 Å². The molecule has 0 saturated heterocycles. The lowest BCUT2D eigenvalue weighted by Crippen LogP contribution is -2.46. The Hall–Kier alpha value is -3.22. The van der Waals surface area contributed by atoms with E-state index >= 15 is 0 Å². The number of carbonyl (C=O) groups excluding carboxylic acids is 2. The number of ether oxygens (including phenoxy) is 3. The molecule has 0 radical (unpaired) electrons. The van der Waals surface area contributed by atoms with Crippen molar-refractivity contribution in [1.29, 1.82) is 0 Å². The number of anilines is 1. The third-order valence-electron chi connectivity index (χ3n) is 5.52. The van der Waals surface area contributed by atoms with Crippen LogP contribution in [0.25, 0.3) is 0 Å². The molecule has 2 aromatic carbocycles. The molecule has 2 amide bonds. The monoisotopic (exact) mass is 380 g/mol. The fraction of sp³-hybridized carbons (Fsp3) is 0.333. The van der Waals surface area contributed by atoms with Crippen molar-refractivity contribution in [2.45, 2.75) is 18.8 Å². The topological polar surface area (TPSA) is 77.1 Å². The van der Waals surface area contributed by atoms with Crippen molar-refractivity contribution in [3.8, 4) is 17.2 Å². The number of para-hydroxylation sites is 1. The number of hydrogen-bond acceptors (Lipinski definition) is 5. The highest BCUT2D eigenvalue weighted by atomic mass is 16.7. The Bertz CT molecular complexity index is 989. The molecule has 0 fully saturated rings. The molecule has 3 aliphatic rings. The van der Waals surface area contributed by atoms with Gasteiger partial charge in [-0.1, -0.05) is 25.1 Å². The number of hydrogen-bond donors (Lipinski definition) is 1. The number of carbonyl (C=O) groups is 2. The van der Waals surface area contributed by atoms with E-state index in [0.717, 1.165) is 23.2 Å². The summed E-state index contributed by atoms with van der Waals surface area (Å²) < 4.78 is 16.9. The summed E-state index contributed by atoms with van der Waals surface area (Å²) in [7, 11) is 0. The average molecular weight is 380 g/mol. The predicted molar refractivity (Wildman–Crippen MR) is 101 cm³/mol. The molecule has 3 heterocycles. The molecule has 1 N–H and O–H groups in total. The molecule has 0 aromatic heterocycles. The molecule has 7 nitrogen and oxygen atoms in total. The van der Waals surface area contributed by atoms with Gasteiger partial charge in [-0.25, -0.2) is 0 Å². The highest BCUT2D eigenvalue weighted by Gasteiger charge is 2.57. The van der Waals surface area contributed by atoms with Crippen molar-refractivity contribution >= 4 is 17.5 Å². The summed E-state index contributed by atoms with van der Waals surface area (Å²) in [5.41, 5.74) is 1.37. The molecule has 3 aliphatic heterocycles. The van der Waals surface area contributed by atoms with Gasteiger partial charge in [0.05, 0.1) is 0 Å². The van der Waals surface area contributed by atoms with Gasteiger partial charge in [0.15, 0.2) is 11.5 Å². The summed E-state index contributed by atoms with van der Waals surface area (Å²) in [5, 5.41) is 2.84. The zero-order valence-electron chi connectivity index (χ0n) is 15.5. The Labute approximate surface area is 162 Å². The molecule has 1 spiro atoms. The lowest BCUT2D eigenvalue weighted by molar-refractivity contribution is -0.125. The van der Waals surface area contributed by atoms with E-state index in [0.29, 0.717) is 23.8 Å². The molecule has 7 heteroatoms. The van der Waals surface area contributed by atoms with Crippen molar-refractivity contribution in [1.82, 2.24) is 5.32 Å². The zero-order valence-corrected chi connectivity index (χ0v) is 15.5. The number of nitrogens with zero attached hydrogens (tertiary/aromatic N) is 1. The predicted octanol–water partition coefficient (Wildman–Crippen LogP) is 1.97. The molecular weight excluding hydrogens is 360 g/mol. The van der Waals surface area contributed by atoms with Crippen LogP contribution in [0.3, 0.4) is 0 Å². The fourth-order valence-electron chi connectivity index (χ4n) is 4.19. The van der Waals surface area contributed by atoms with Gasteiger partial charge in [0.1, 0.15) is 24.3 Å². The van der Waals surface area contributed by atoms with Crippen molar-refractivity contribution in [2.75, 3.05) is 31.4 Å². The van der Waals surface area contributed by atoms with Crippen LogP contribution in [-0.2, 0) is 15.0 Å². The SMILES string of the molecule is CCCNC(=O)CN1C(=O)C2(COc3cc4c(cc32)OCO4)c2ccccc21. The summed E-state index contributed by atoms with van der Waals surface area (Å²) >= 11 is 0. The summed E-state index contributed by atoms with van der Waals surface area (Å²) in [6.07, 6.45) is 0.842. The summed E-state index contributed by atoms with van der Waals surface area (Å²) in [6, 6.07) is 11.2. The highest BCUT2D eigenvalue weighted by molar-refractivity contribution is 6.13. The number of amides is 2. The van der Waals surface area contributed by atoms with E-state index in [1.165, 1.54) is 0 Å². The van der Waals surface area contributed by atoms with Crippen LogP contribution in [0.15, 0.2) is 36.4 Å². The van der Waals surface area contributed by atoms with E-state index in [9.17, 15) is 9.59 Å². The molecule has 28 heavy (non-hydrogen) atoms. The standard InChI is InChI=1S/C21H20N2O5/c1-2-7-22-19(24)10-23-15-6-4-3-5-13(15)21(20(23)25)11-26-16-9-18-17(8-14(16)21)27-12-28-18/h3-6,8-9H,2,7,10-12H2,1H3,(H,22,24). The maximum absolute atomic E-state index is 13.7. The Morgan fingerprint density at radius 2 is 1.89 bits per heavy atom. The van der Waals surface area contributed by atoms with Gasteiger partial charge in [0, 0.05) is 23.9 Å². The molecule has 5 rings (SSSR count). The van der Waals surface area contributed by atoms with Gasteiger partial charge >= 0.3 is 0 Å². The number of fused-ring (bicyclic) bond motifs is 5. The van der Waals surface area contributed by atoms with Gasteiger partial charge in [-0.15, -0.1) is 0 Å². The highest BCUT2D eigenvalue weighted by Crippen LogP contribution is 2.54. The van der Waals surface area contributed by atoms with E-state index in [-0.39, 0.29) is 31.8 Å². The van der Waals surface area contributed by atoms with Crippen molar-refractivity contribution in [3.05, 3.63) is 47.5 Å². The minimum absolute atomic E-state index is 0.0164. The van der Waals surface area contributed by atoms with E-state index in [1.807, 2.05) is 37.3 Å². The minimum Gasteiger partial charge on any atom is -0.491 e. The van der Waals surface area contributed by atoms with Gasteiger partial charge in [0.2, 0.25) is 18.6 Å². The first-order chi connectivity index (χ1) is 13.6. The first kappa shape index (κ1) is 16.9. The Balaban J connectivity index is 1.59. The second-order valence-electron chi connectivity index (χ2n) is 7.15. The van der Waals surface area contributed by atoms with Crippen molar-refractivity contribution in [2.24, 2.45) is 0 Å². The van der Waals surface area contributed by atoms with Gasteiger partial charge in [-0.2, -0.15) is 0 Å². The van der Waals surface area contributed by atoms with Crippen LogP contribution in [0.5, 0.6) is 17.2 Å². The molecule has 0 saturated carbocycles. The lowest BCUT2D eigenvalue weighted by atomic mass is 9.77. The molecular formula is C21H20N2O5. The number of nitrogens with one attached hydrogen (secondary N) is 1.